The van der Waals surface area contributed by atoms with E-state index in [2.05, 4.69) is 0 Å². The van der Waals surface area contributed by atoms with Crippen LogP contribution in [0.15, 0.2) is 72.3 Å². The van der Waals surface area contributed by atoms with Gasteiger partial charge in [0.2, 0.25) is 0 Å². The molecule has 1 unspecified atom stereocenters. The van der Waals surface area contributed by atoms with Crippen LogP contribution in [-0.4, -0.2) is 31.0 Å². The van der Waals surface area contributed by atoms with Crippen LogP contribution in [-0.2, 0) is 15.8 Å². The van der Waals surface area contributed by atoms with Gasteiger partial charge in [-0.05, 0) is 54.6 Å². The molecule has 3 aromatic carbocycles. The lowest BCUT2D eigenvalue weighted by Gasteiger charge is -2.27. The average molecular weight is 518 g/mol. The number of Topliss-reactive ketones (excluding diaryl/α,β-unsaturated/α-hetero) is 1. The summed E-state index contributed by atoms with van der Waals surface area (Å²) in [7, 11) is 2.79. The summed E-state index contributed by atoms with van der Waals surface area (Å²) in [6.45, 7) is 0. The second-order valence-electron chi connectivity index (χ2n) is 7.83. The molecule has 0 bridgehead atoms. The maximum atomic E-state index is 13.4. The molecule has 1 aliphatic rings. The molecule has 1 atom stereocenters. The first-order chi connectivity index (χ1) is 17.1. The number of alkyl halides is 3. The molecule has 1 fully saturated rings. The van der Waals surface area contributed by atoms with Gasteiger partial charge in [-0.25, -0.2) is 0 Å². The lowest BCUT2D eigenvalue weighted by Crippen LogP contribution is -2.30. The van der Waals surface area contributed by atoms with E-state index in [0.717, 1.165) is 23.1 Å². The van der Waals surface area contributed by atoms with E-state index in [-0.39, 0.29) is 28.1 Å². The van der Waals surface area contributed by atoms with Gasteiger partial charge in [-0.2, -0.15) is 13.2 Å². The lowest BCUT2D eigenvalue weighted by atomic mass is 9.94. The first-order valence-corrected chi connectivity index (χ1v) is 10.9. The standard InChI is InChI=1S/C26H19ClF3NO5/c1-35-18-10-11-19(20(13-18)36-2)22-21(23(32)14-6-8-16(27)9-7-14)24(33)25(34)31(22)17-5-3-4-15(12-17)26(28,29)30/h3-13,22,32H,1-2H3. The fourth-order valence-corrected chi connectivity index (χ4v) is 4.16. The summed E-state index contributed by atoms with van der Waals surface area (Å²) >= 11 is 5.93. The predicted molar refractivity (Wildman–Crippen MR) is 127 cm³/mol. The van der Waals surface area contributed by atoms with Crippen LogP contribution in [0.3, 0.4) is 0 Å². The van der Waals surface area contributed by atoms with Crippen LogP contribution < -0.4 is 14.4 Å². The highest BCUT2D eigenvalue weighted by Crippen LogP contribution is 2.46. The van der Waals surface area contributed by atoms with Gasteiger partial charge in [0.25, 0.3) is 11.7 Å². The summed E-state index contributed by atoms with van der Waals surface area (Å²) in [5, 5.41) is 11.5. The van der Waals surface area contributed by atoms with Crippen LogP contribution in [0.25, 0.3) is 5.76 Å². The van der Waals surface area contributed by atoms with Crippen LogP contribution in [0.2, 0.25) is 5.02 Å². The number of benzene rings is 3. The van der Waals surface area contributed by atoms with Crippen LogP contribution in [0.1, 0.15) is 22.7 Å². The van der Waals surface area contributed by atoms with Crippen molar-refractivity contribution in [2.24, 2.45) is 0 Å². The number of methoxy groups -OCH3 is 2. The van der Waals surface area contributed by atoms with Crippen molar-refractivity contribution in [3.8, 4) is 11.5 Å². The Labute approximate surface area is 209 Å². The molecule has 0 radical (unpaired) electrons. The van der Waals surface area contributed by atoms with E-state index in [1.807, 2.05) is 0 Å². The molecule has 6 nitrogen and oxygen atoms in total. The number of carbonyl (C=O) groups excluding carboxylic acids is 2. The smallest absolute Gasteiger partial charge is 0.416 e. The molecule has 1 amide bonds. The summed E-state index contributed by atoms with van der Waals surface area (Å²) in [5.41, 5.74) is -1.04. The van der Waals surface area contributed by atoms with Gasteiger partial charge in [0.05, 0.1) is 31.4 Å². The van der Waals surface area contributed by atoms with Crippen molar-refractivity contribution in [3.05, 3.63) is 94.0 Å². The number of hydrogen-bond acceptors (Lipinski definition) is 5. The van der Waals surface area contributed by atoms with Gasteiger partial charge in [0, 0.05) is 27.9 Å². The van der Waals surface area contributed by atoms with E-state index in [1.54, 1.807) is 6.07 Å². The lowest BCUT2D eigenvalue weighted by molar-refractivity contribution is -0.137. The number of ketones is 1. The highest BCUT2D eigenvalue weighted by atomic mass is 35.5. The zero-order valence-corrected chi connectivity index (χ0v) is 19.7. The zero-order chi connectivity index (χ0) is 26.2. The van der Waals surface area contributed by atoms with Crippen LogP contribution in [0.4, 0.5) is 18.9 Å². The molecule has 0 saturated carbocycles. The van der Waals surface area contributed by atoms with E-state index in [1.165, 1.54) is 56.7 Å². The minimum atomic E-state index is -4.68. The number of ether oxygens (including phenoxy) is 2. The molecule has 3 aromatic rings. The van der Waals surface area contributed by atoms with Crippen molar-refractivity contribution in [1.29, 1.82) is 0 Å². The van der Waals surface area contributed by atoms with Gasteiger partial charge >= 0.3 is 6.18 Å². The highest BCUT2D eigenvalue weighted by molar-refractivity contribution is 6.51. The number of carbonyl (C=O) groups is 2. The molecule has 186 valence electrons. The summed E-state index contributed by atoms with van der Waals surface area (Å²) in [4.78, 5) is 27.4. The Kier molecular flexibility index (Phi) is 6.69. The van der Waals surface area contributed by atoms with Crippen LogP contribution in [0.5, 0.6) is 11.5 Å². The number of hydrogen-bond donors (Lipinski definition) is 1. The Hall–Kier alpha value is -3.98. The third kappa shape index (κ3) is 4.49. The first-order valence-electron chi connectivity index (χ1n) is 10.5. The topological polar surface area (TPSA) is 76.1 Å². The van der Waals surface area contributed by atoms with Crippen molar-refractivity contribution in [1.82, 2.24) is 0 Å². The van der Waals surface area contributed by atoms with Crippen LogP contribution >= 0.6 is 11.6 Å². The summed E-state index contributed by atoms with van der Waals surface area (Å²) in [6, 6.07) is 13.2. The molecule has 1 heterocycles. The molecule has 4 rings (SSSR count). The van der Waals surface area contributed by atoms with Crippen molar-refractivity contribution in [3.63, 3.8) is 0 Å². The van der Waals surface area contributed by atoms with E-state index < -0.39 is 35.2 Å². The zero-order valence-electron chi connectivity index (χ0n) is 19.0. The molecular weight excluding hydrogens is 499 g/mol. The number of aliphatic hydroxyl groups excluding tert-OH is 1. The number of nitrogens with zero attached hydrogens (tertiary/aromatic N) is 1. The second-order valence-corrected chi connectivity index (χ2v) is 8.27. The minimum Gasteiger partial charge on any atom is -0.507 e. The largest absolute Gasteiger partial charge is 0.507 e. The maximum Gasteiger partial charge on any atom is 0.416 e. The summed E-state index contributed by atoms with van der Waals surface area (Å²) in [6.07, 6.45) is -4.68. The SMILES string of the molecule is COc1ccc(C2C(=C(O)c3ccc(Cl)cc3)C(=O)C(=O)N2c2cccc(C(F)(F)F)c2)c(OC)c1. The Morgan fingerprint density at radius 2 is 1.67 bits per heavy atom. The molecule has 36 heavy (non-hydrogen) atoms. The Morgan fingerprint density at radius 1 is 0.972 bits per heavy atom. The van der Waals surface area contributed by atoms with Crippen LogP contribution in [0, 0.1) is 0 Å². The van der Waals surface area contributed by atoms with Crippen molar-refractivity contribution >= 4 is 34.7 Å². The Balaban J connectivity index is 2.00. The van der Waals surface area contributed by atoms with E-state index in [4.69, 9.17) is 21.1 Å². The van der Waals surface area contributed by atoms with Gasteiger partial charge in [-0.15, -0.1) is 0 Å². The van der Waals surface area contributed by atoms with Gasteiger partial charge in [0.1, 0.15) is 17.3 Å². The molecule has 0 aromatic heterocycles. The minimum absolute atomic E-state index is 0.176. The number of amides is 1. The van der Waals surface area contributed by atoms with Crippen molar-refractivity contribution in [2.75, 3.05) is 19.1 Å². The third-order valence-corrected chi connectivity index (χ3v) is 6.00. The number of anilines is 1. The number of halogens is 4. The summed E-state index contributed by atoms with van der Waals surface area (Å²) in [5.74, 6) is -2.08. The molecule has 10 heteroatoms. The van der Waals surface area contributed by atoms with E-state index in [0.29, 0.717) is 10.8 Å². The molecule has 1 saturated heterocycles. The number of rotatable bonds is 5. The van der Waals surface area contributed by atoms with Crippen molar-refractivity contribution in [2.45, 2.75) is 12.2 Å². The molecular formula is C26H19ClF3NO5. The molecule has 1 aliphatic heterocycles. The molecule has 0 aliphatic carbocycles. The first kappa shape index (κ1) is 25.1. The summed E-state index contributed by atoms with van der Waals surface area (Å²) < 4.78 is 51.0. The van der Waals surface area contributed by atoms with E-state index in [9.17, 15) is 27.9 Å². The van der Waals surface area contributed by atoms with Gasteiger partial charge < -0.3 is 14.6 Å². The van der Waals surface area contributed by atoms with Gasteiger partial charge in [-0.1, -0.05) is 17.7 Å². The fourth-order valence-electron chi connectivity index (χ4n) is 4.03. The monoisotopic (exact) mass is 517 g/mol. The van der Waals surface area contributed by atoms with Crippen molar-refractivity contribution < 1.29 is 37.3 Å². The fraction of sp³-hybridized carbons (Fsp3) is 0.154. The van der Waals surface area contributed by atoms with E-state index >= 15 is 0 Å². The normalized spacial score (nSPS) is 17.4. The second kappa shape index (κ2) is 9.58. The average Bonchev–Trinajstić information content (AvgIpc) is 3.13. The molecule has 0 spiro atoms. The Morgan fingerprint density at radius 3 is 2.28 bits per heavy atom. The Bertz CT molecular complexity index is 1370. The van der Waals surface area contributed by atoms with Gasteiger partial charge in [0.15, 0.2) is 0 Å². The maximum absolute atomic E-state index is 13.4. The molecule has 1 N–H and O–H groups in total. The number of aliphatic hydroxyl groups is 1. The highest BCUT2D eigenvalue weighted by Gasteiger charge is 2.48. The third-order valence-electron chi connectivity index (χ3n) is 5.75. The van der Waals surface area contributed by atoms with Gasteiger partial charge in [-0.3, -0.25) is 14.5 Å². The quantitative estimate of drug-likeness (QED) is 0.255. The predicted octanol–water partition coefficient (Wildman–Crippen LogP) is 6.00.